The lowest BCUT2D eigenvalue weighted by Gasteiger charge is -2.28. The molecule has 2 fully saturated rings. The van der Waals surface area contributed by atoms with Gasteiger partial charge in [0, 0.05) is 32.2 Å². The molecule has 0 aromatic heterocycles. The molecule has 0 N–H and O–H groups in total. The topological polar surface area (TPSA) is 6.48 Å². The Labute approximate surface area is 123 Å². The molecule has 108 valence electrons. The Morgan fingerprint density at radius 2 is 2.05 bits per heavy atom. The molecule has 0 spiro atoms. The van der Waals surface area contributed by atoms with Crippen LogP contribution in [0, 0.1) is 18.8 Å². The summed E-state index contributed by atoms with van der Waals surface area (Å²) in [5.41, 5.74) is 2.97. The summed E-state index contributed by atoms with van der Waals surface area (Å²) in [5, 5.41) is 0. The smallest absolute Gasteiger partial charge is 0.0391 e. The molecule has 2 heteroatoms. The minimum atomic E-state index is 0.606. The number of hydrogen-bond donors (Lipinski definition) is 0. The number of fused-ring (bicyclic) bond motifs is 1. The van der Waals surface area contributed by atoms with Crippen LogP contribution in [0.25, 0.3) is 0 Å². The maximum absolute atomic E-state index is 3.85. The van der Waals surface area contributed by atoms with E-state index in [1.807, 2.05) is 6.08 Å². The molecule has 0 saturated carbocycles. The Morgan fingerprint density at radius 1 is 1.25 bits per heavy atom. The van der Waals surface area contributed by atoms with Crippen molar-refractivity contribution >= 4 is 0 Å². The number of hydrogen-bond acceptors (Lipinski definition) is 2. The van der Waals surface area contributed by atoms with Crippen molar-refractivity contribution in [3.05, 3.63) is 48.0 Å². The molecule has 0 unspecified atom stereocenters. The van der Waals surface area contributed by atoms with E-state index in [0.29, 0.717) is 6.04 Å². The summed E-state index contributed by atoms with van der Waals surface area (Å²) < 4.78 is 0. The van der Waals surface area contributed by atoms with Gasteiger partial charge in [0.2, 0.25) is 0 Å². The van der Waals surface area contributed by atoms with E-state index in [1.165, 1.54) is 37.3 Å². The number of nitrogens with zero attached hydrogens (tertiary/aromatic N) is 2. The van der Waals surface area contributed by atoms with E-state index in [9.17, 15) is 0 Å². The summed E-state index contributed by atoms with van der Waals surface area (Å²) >= 11 is 0. The molecule has 0 bridgehead atoms. The van der Waals surface area contributed by atoms with Crippen LogP contribution in [0.1, 0.15) is 23.6 Å². The van der Waals surface area contributed by atoms with E-state index in [1.54, 1.807) is 0 Å². The lowest BCUT2D eigenvalue weighted by molar-refractivity contribution is 0.229. The Hall–Kier alpha value is -1.12. The Kier molecular flexibility index (Phi) is 3.95. The third-order valence-corrected chi connectivity index (χ3v) is 5.13. The summed E-state index contributed by atoms with van der Waals surface area (Å²) in [7, 11) is 2.30. The number of benzene rings is 1. The van der Waals surface area contributed by atoms with Gasteiger partial charge >= 0.3 is 0 Å². The van der Waals surface area contributed by atoms with Crippen LogP contribution in [0.15, 0.2) is 36.9 Å². The molecule has 2 nitrogen and oxygen atoms in total. The second kappa shape index (κ2) is 5.71. The number of rotatable bonds is 4. The molecule has 3 rings (SSSR count). The highest BCUT2D eigenvalue weighted by Crippen LogP contribution is 2.44. The van der Waals surface area contributed by atoms with Gasteiger partial charge in [-0.1, -0.05) is 30.3 Å². The van der Waals surface area contributed by atoms with Gasteiger partial charge in [0.1, 0.15) is 0 Å². The zero-order valence-corrected chi connectivity index (χ0v) is 12.8. The molecule has 2 aliphatic heterocycles. The lowest BCUT2D eigenvalue weighted by atomic mass is 9.88. The predicted molar refractivity (Wildman–Crippen MR) is 84.8 cm³/mol. The van der Waals surface area contributed by atoms with E-state index in [2.05, 4.69) is 54.6 Å². The molecule has 0 radical (unpaired) electrons. The van der Waals surface area contributed by atoms with Crippen molar-refractivity contribution in [1.82, 2.24) is 9.80 Å². The average molecular weight is 270 g/mol. The molecule has 1 aromatic carbocycles. The SMILES string of the molecule is C=CCCN1C[C@@H]2CN(C)[C@@H](c3ccccc3C)[C@@H]2C1. The molecular formula is C18H26N2. The highest BCUT2D eigenvalue weighted by atomic mass is 15.2. The van der Waals surface area contributed by atoms with E-state index < -0.39 is 0 Å². The molecule has 0 amide bonds. The van der Waals surface area contributed by atoms with Crippen LogP contribution in [0.2, 0.25) is 0 Å². The zero-order chi connectivity index (χ0) is 14.1. The third kappa shape index (κ3) is 2.43. The van der Waals surface area contributed by atoms with Gasteiger partial charge in [0.25, 0.3) is 0 Å². The normalized spacial score (nSPS) is 30.6. The third-order valence-electron chi connectivity index (χ3n) is 5.13. The van der Waals surface area contributed by atoms with Crippen molar-refractivity contribution in [2.24, 2.45) is 11.8 Å². The van der Waals surface area contributed by atoms with Crippen molar-refractivity contribution in [3.63, 3.8) is 0 Å². The molecular weight excluding hydrogens is 244 g/mol. The molecule has 2 aliphatic rings. The standard InChI is InChI=1S/C18H26N2/c1-4-5-10-20-12-15-11-19(3)18(17(15)13-20)16-9-7-6-8-14(16)2/h4,6-9,15,17-18H,1,5,10-13H2,2-3H3/t15-,17+,18-/m0/s1. The minimum Gasteiger partial charge on any atom is -0.302 e. The first-order valence-electron chi connectivity index (χ1n) is 7.79. The van der Waals surface area contributed by atoms with Crippen LogP contribution in [0.5, 0.6) is 0 Å². The van der Waals surface area contributed by atoms with Gasteiger partial charge in [-0.2, -0.15) is 0 Å². The van der Waals surface area contributed by atoms with Gasteiger partial charge in [-0.3, -0.25) is 4.90 Å². The summed E-state index contributed by atoms with van der Waals surface area (Å²) in [6.45, 7) is 11.0. The summed E-state index contributed by atoms with van der Waals surface area (Å²) in [6.07, 6.45) is 3.16. The van der Waals surface area contributed by atoms with Crippen molar-refractivity contribution in [1.29, 1.82) is 0 Å². The molecule has 1 aromatic rings. The first-order valence-corrected chi connectivity index (χ1v) is 7.79. The second-order valence-corrected chi connectivity index (χ2v) is 6.50. The predicted octanol–water partition coefficient (Wildman–Crippen LogP) is 3.11. The van der Waals surface area contributed by atoms with Crippen LogP contribution >= 0.6 is 0 Å². The molecule has 2 heterocycles. The fraction of sp³-hybridized carbons (Fsp3) is 0.556. The molecule has 3 atom stereocenters. The highest BCUT2D eigenvalue weighted by Gasteiger charge is 2.45. The fourth-order valence-electron chi connectivity index (χ4n) is 4.19. The van der Waals surface area contributed by atoms with Crippen molar-refractivity contribution in [3.8, 4) is 0 Å². The van der Waals surface area contributed by atoms with Gasteiger partial charge in [0.05, 0.1) is 0 Å². The van der Waals surface area contributed by atoms with Crippen LogP contribution in [-0.2, 0) is 0 Å². The largest absolute Gasteiger partial charge is 0.302 e. The monoisotopic (exact) mass is 270 g/mol. The average Bonchev–Trinajstić information content (AvgIpc) is 2.94. The Balaban J connectivity index is 1.78. The molecule has 20 heavy (non-hydrogen) atoms. The summed E-state index contributed by atoms with van der Waals surface area (Å²) in [6, 6.07) is 9.52. The van der Waals surface area contributed by atoms with Crippen molar-refractivity contribution in [2.45, 2.75) is 19.4 Å². The number of likely N-dealkylation sites (tertiary alicyclic amines) is 2. The maximum atomic E-state index is 3.85. The van der Waals surface area contributed by atoms with Crippen LogP contribution in [-0.4, -0.2) is 43.0 Å². The van der Waals surface area contributed by atoms with E-state index in [-0.39, 0.29) is 0 Å². The van der Waals surface area contributed by atoms with Crippen LogP contribution in [0.4, 0.5) is 0 Å². The zero-order valence-electron chi connectivity index (χ0n) is 12.8. The van der Waals surface area contributed by atoms with Gasteiger partial charge in [-0.05, 0) is 43.4 Å². The maximum Gasteiger partial charge on any atom is 0.0391 e. The minimum absolute atomic E-state index is 0.606. The number of aryl methyl sites for hydroxylation is 1. The van der Waals surface area contributed by atoms with Crippen molar-refractivity contribution < 1.29 is 0 Å². The van der Waals surface area contributed by atoms with Gasteiger partial charge in [0.15, 0.2) is 0 Å². The Bertz CT molecular complexity index is 482. The second-order valence-electron chi connectivity index (χ2n) is 6.50. The van der Waals surface area contributed by atoms with Crippen LogP contribution < -0.4 is 0 Å². The first-order chi connectivity index (χ1) is 9.70. The summed E-state index contributed by atoms with van der Waals surface area (Å²) in [4.78, 5) is 5.21. The first kappa shape index (κ1) is 13.8. The molecule has 2 saturated heterocycles. The van der Waals surface area contributed by atoms with E-state index >= 15 is 0 Å². The fourth-order valence-corrected chi connectivity index (χ4v) is 4.19. The van der Waals surface area contributed by atoms with Crippen LogP contribution in [0.3, 0.4) is 0 Å². The van der Waals surface area contributed by atoms with E-state index in [4.69, 9.17) is 0 Å². The van der Waals surface area contributed by atoms with E-state index in [0.717, 1.165) is 18.3 Å². The van der Waals surface area contributed by atoms with Gasteiger partial charge in [-0.25, -0.2) is 0 Å². The quantitative estimate of drug-likeness (QED) is 0.776. The van der Waals surface area contributed by atoms with Crippen molar-refractivity contribution in [2.75, 3.05) is 33.2 Å². The lowest BCUT2D eigenvalue weighted by Crippen LogP contribution is -2.29. The Morgan fingerprint density at radius 3 is 2.80 bits per heavy atom. The summed E-state index contributed by atoms with van der Waals surface area (Å²) in [5.74, 6) is 1.64. The van der Waals surface area contributed by atoms with Gasteiger partial charge in [-0.15, -0.1) is 6.58 Å². The highest BCUT2D eigenvalue weighted by molar-refractivity contribution is 5.31. The molecule has 0 aliphatic carbocycles. The van der Waals surface area contributed by atoms with Gasteiger partial charge < -0.3 is 4.90 Å².